The first-order chi connectivity index (χ1) is 9.45. The summed E-state index contributed by atoms with van der Waals surface area (Å²) in [6, 6.07) is 4.26. The second-order valence-corrected chi connectivity index (χ2v) is 7.00. The summed E-state index contributed by atoms with van der Waals surface area (Å²) in [5, 5.41) is 3.54. The first kappa shape index (κ1) is 15.9. The van der Waals surface area contributed by atoms with Gasteiger partial charge in [-0.25, -0.2) is 0 Å². The summed E-state index contributed by atoms with van der Waals surface area (Å²) in [6.07, 6.45) is 0. The molecule has 0 bridgehead atoms. The van der Waals surface area contributed by atoms with Crippen LogP contribution in [0.15, 0.2) is 12.1 Å². The Kier molecular flexibility index (Phi) is 5.14. The Balaban J connectivity index is 2.15. The lowest BCUT2D eigenvalue weighted by atomic mass is 10.0. The number of benzene rings is 1. The molecule has 0 unspecified atom stereocenters. The molecule has 1 aliphatic heterocycles. The molecular formula is C15H23IN2O2. The molecule has 1 heterocycles. The second-order valence-electron chi connectivity index (χ2n) is 5.83. The van der Waals surface area contributed by atoms with Gasteiger partial charge in [-0.3, -0.25) is 4.90 Å². The van der Waals surface area contributed by atoms with Crippen molar-refractivity contribution in [2.75, 3.05) is 33.9 Å². The molecule has 1 saturated heterocycles. The van der Waals surface area contributed by atoms with E-state index in [1.54, 1.807) is 14.2 Å². The number of nitrogens with zero attached hydrogens (tertiary/aromatic N) is 1. The lowest BCUT2D eigenvalue weighted by molar-refractivity contribution is 0.148. The zero-order valence-corrected chi connectivity index (χ0v) is 14.8. The molecule has 0 aromatic heterocycles. The summed E-state index contributed by atoms with van der Waals surface area (Å²) in [5.74, 6) is 1.63. The average Bonchev–Trinajstić information content (AvgIpc) is 2.36. The van der Waals surface area contributed by atoms with Crippen LogP contribution in [-0.2, 0) is 6.54 Å². The maximum Gasteiger partial charge on any atom is 0.174 e. The van der Waals surface area contributed by atoms with Gasteiger partial charge in [-0.05, 0) is 54.1 Å². The molecule has 1 fully saturated rings. The Morgan fingerprint density at radius 1 is 1.30 bits per heavy atom. The van der Waals surface area contributed by atoms with Crippen LogP contribution in [0.2, 0.25) is 0 Å². The summed E-state index contributed by atoms with van der Waals surface area (Å²) >= 11 is 2.30. The molecule has 0 spiro atoms. The molecule has 1 aromatic carbocycles. The fourth-order valence-corrected chi connectivity index (χ4v) is 3.59. The molecule has 5 heteroatoms. The number of methoxy groups -OCH3 is 2. The van der Waals surface area contributed by atoms with Gasteiger partial charge in [-0.2, -0.15) is 0 Å². The third-order valence-electron chi connectivity index (χ3n) is 3.55. The SMILES string of the molecule is COc1cc(CN2CCNC(C)(C)C2)cc(I)c1OC. The maximum atomic E-state index is 5.43. The van der Waals surface area contributed by atoms with Crippen molar-refractivity contribution in [2.45, 2.75) is 25.9 Å². The topological polar surface area (TPSA) is 33.7 Å². The van der Waals surface area contributed by atoms with Crippen LogP contribution >= 0.6 is 22.6 Å². The third-order valence-corrected chi connectivity index (χ3v) is 4.35. The monoisotopic (exact) mass is 390 g/mol. The lowest BCUT2D eigenvalue weighted by Crippen LogP contribution is -2.56. The van der Waals surface area contributed by atoms with E-state index in [9.17, 15) is 0 Å². The van der Waals surface area contributed by atoms with Crippen molar-refractivity contribution in [3.05, 3.63) is 21.3 Å². The average molecular weight is 390 g/mol. The molecule has 0 amide bonds. The minimum Gasteiger partial charge on any atom is -0.493 e. The zero-order chi connectivity index (χ0) is 14.8. The van der Waals surface area contributed by atoms with Gasteiger partial charge in [0.05, 0.1) is 17.8 Å². The van der Waals surface area contributed by atoms with E-state index in [-0.39, 0.29) is 5.54 Å². The van der Waals surface area contributed by atoms with Crippen LogP contribution in [0.5, 0.6) is 11.5 Å². The van der Waals surface area contributed by atoms with Gasteiger partial charge in [-0.1, -0.05) is 0 Å². The van der Waals surface area contributed by atoms with E-state index in [4.69, 9.17) is 9.47 Å². The van der Waals surface area contributed by atoms with E-state index in [0.29, 0.717) is 0 Å². The van der Waals surface area contributed by atoms with Gasteiger partial charge in [0.2, 0.25) is 0 Å². The van der Waals surface area contributed by atoms with E-state index < -0.39 is 0 Å². The van der Waals surface area contributed by atoms with Crippen molar-refractivity contribution in [2.24, 2.45) is 0 Å². The summed E-state index contributed by atoms with van der Waals surface area (Å²) in [4.78, 5) is 2.48. The molecule has 0 aliphatic carbocycles. The molecular weight excluding hydrogens is 367 g/mol. The van der Waals surface area contributed by atoms with E-state index in [2.05, 4.69) is 58.8 Å². The Labute approximate surface area is 135 Å². The van der Waals surface area contributed by atoms with E-state index in [1.165, 1.54) is 5.56 Å². The second kappa shape index (κ2) is 6.49. The zero-order valence-electron chi connectivity index (χ0n) is 12.6. The third kappa shape index (κ3) is 3.77. The van der Waals surface area contributed by atoms with Crippen molar-refractivity contribution in [3.8, 4) is 11.5 Å². The molecule has 0 atom stereocenters. The highest BCUT2D eigenvalue weighted by Crippen LogP contribution is 2.34. The number of hydrogen-bond acceptors (Lipinski definition) is 4. The number of hydrogen-bond donors (Lipinski definition) is 1. The van der Waals surface area contributed by atoms with Gasteiger partial charge < -0.3 is 14.8 Å². The van der Waals surface area contributed by atoms with E-state index in [0.717, 1.165) is 41.2 Å². The van der Waals surface area contributed by atoms with Crippen LogP contribution < -0.4 is 14.8 Å². The molecule has 0 saturated carbocycles. The highest BCUT2D eigenvalue weighted by Gasteiger charge is 2.25. The summed E-state index contributed by atoms with van der Waals surface area (Å²) in [5.41, 5.74) is 1.45. The van der Waals surface area contributed by atoms with Crippen LogP contribution in [0, 0.1) is 3.57 Å². The molecule has 2 rings (SSSR count). The Bertz CT molecular complexity index is 477. The summed E-state index contributed by atoms with van der Waals surface area (Å²) < 4.78 is 11.9. The predicted molar refractivity (Wildman–Crippen MR) is 89.6 cm³/mol. The Morgan fingerprint density at radius 3 is 2.65 bits per heavy atom. The minimum atomic E-state index is 0.183. The van der Waals surface area contributed by atoms with Crippen LogP contribution in [0.3, 0.4) is 0 Å². The minimum absolute atomic E-state index is 0.183. The Morgan fingerprint density at radius 2 is 2.05 bits per heavy atom. The molecule has 1 aromatic rings. The van der Waals surface area contributed by atoms with Crippen molar-refractivity contribution in [1.29, 1.82) is 0 Å². The van der Waals surface area contributed by atoms with Gasteiger partial charge in [0.15, 0.2) is 11.5 Å². The molecule has 112 valence electrons. The number of nitrogens with one attached hydrogen (secondary N) is 1. The van der Waals surface area contributed by atoms with Gasteiger partial charge in [0.25, 0.3) is 0 Å². The molecule has 1 aliphatic rings. The number of rotatable bonds is 4. The fourth-order valence-electron chi connectivity index (χ4n) is 2.70. The van der Waals surface area contributed by atoms with Crippen molar-refractivity contribution in [1.82, 2.24) is 10.2 Å². The van der Waals surface area contributed by atoms with Gasteiger partial charge >= 0.3 is 0 Å². The van der Waals surface area contributed by atoms with Crippen molar-refractivity contribution < 1.29 is 9.47 Å². The molecule has 20 heavy (non-hydrogen) atoms. The largest absolute Gasteiger partial charge is 0.493 e. The lowest BCUT2D eigenvalue weighted by Gasteiger charge is -2.39. The maximum absolute atomic E-state index is 5.43. The van der Waals surface area contributed by atoms with Crippen molar-refractivity contribution >= 4 is 22.6 Å². The smallest absolute Gasteiger partial charge is 0.174 e. The normalized spacial score (nSPS) is 18.9. The van der Waals surface area contributed by atoms with Crippen LogP contribution in [-0.4, -0.2) is 44.3 Å². The van der Waals surface area contributed by atoms with Gasteiger partial charge in [-0.15, -0.1) is 0 Å². The van der Waals surface area contributed by atoms with E-state index >= 15 is 0 Å². The fraction of sp³-hybridized carbons (Fsp3) is 0.600. The Hall–Kier alpha value is -0.530. The number of ether oxygens (including phenoxy) is 2. The van der Waals surface area contributed by atoms with Gasteiger partial charge in [0, 0.05) is 31.7 Å². The van der Waals surface area contributed by atoms with Crippen LogP contribution in [0.4, 0.5) is 0 Å². The van der Waals surface area contributed by atoms with Crippen LogP contribution in [0.25, 0.3) is 0 Å². The molecule has 4 nitrogen and oxygen atoms in total. The number of halogens is 1. The van der Waals surface area contributed by atoms with Crippen LogP contribution in [0.1, 0.15) is 19.4 Å². The first-order valence-electron chi connectivity index (χ1n) is 6.83. The summed E-state index contributed by atoms with van der Waals surface area (Å²) in [7, 11) is 3.37. The predicted octanol–water partition coefficient (Wildman–Crippen LogP) is 2.49. The van der Waals surface area contributed by atoms with E-state index in [1.807, 2.05) is 0 Å². The highest BCUT2D eigenvalue weighted by atomic mass is 127. The summed E-state index contributed by atoms with van der Waals surface area (Å²) in [6.45, 7) is 8.61. The number of piperazine rings is 1. The molecule has 0 radical (unpaired) electrons. The van der Waals surface area contributed by atoms with Crippen molar-refractivity contribution in [3.63, 3.8) is 0 Å². The molecule has 1 N–H and O–H groups in total. The highest BCUT2D eigenvalue weighted by molar-refractivity contribution is 14.1. The first-order valence-corrected chi connectivity index (χ1v) is 7.91. The standard InChI is InChI=1S/C15H23IN2O2/c1-15(2)10-18(6-5-17-15)9-11-7-12(16)14(20-4)13(8-11)19-3/h7-8,17H,5-6,9-10H2,1-4H3. The quantitative estimate of drug-likeness (QED) is 0.802. The van der Waals surface area contributed by atoms with Gasteiger partial charge in [0.1, 0.15) is 0 Å².